The summed E-state index contributed by atoms with van der Waals surface area (Å²) in [6.45, 7) is 3.58. The van der Waals surface area contributed by atoms with Crippen molar-refractivity contribution in [1.82, 2.24) is 4.90 Å². The molecule has 2 rings (SSSR count). The zero-order chi connectivity index (χ0) is 15.1. The Morgan fingerprint density at radius 1 is 1.43 bits per heavy atom. The third-order valence-electron chi connectivity index (χ3n) is 4.20. The number of benzene rings is 1. The zero-order valence-electron chi connectivity index (χ0n) is 12.8. The van der Waals surface area contributed by atoms with Crippen LogP contribution in [0.3, 0.4) is 0 Å². The van der Waals surface area contributed by atoms with E-state index in [1.807, 2.05) is 30.3 Å². The van der Waals surface area contributed by atoms with Crippen molar-refractivity contribution in [3.05, 3.63) is 35.9 Å². The molecular formula is C17H25N3O. The summed E-state index contributed by atoms with van der Waals surface area (Å²) in [6.07, 6.45) is 3.02. The summed E-state index contributed by atoms with van der Waals surface area (Å²) >= 11 is 0. The monoisotopic (exact) mass is 287 g/mol. The Balaban J connectivity index is 1.86. The first-order valence-corrected chi connectivity index (χ1v) is 7.66. The van der Waals surface area contributed by atoms with Crippen LogP contribution in [0.15, 0.2) is 30.3 Å². The van der Waals surface area contributed by atoms with E-state index in [2.05, 4.69) is 18.0 Å². The van der Waals surface area contributed by atoms with Crippen LogP contribution in [0.1, 0.15) is 24.8 Å². The van der Waals surface area contributed by atoms with Gasteiger partial charge in [0.25, 0.3) is 0 Å². The van der Waals surface area contributed by atoms with E-state index >= 15 is 0 Å². The first-order chi connectivity index (χ1) is 10.1. The molecule has 0 radical (unpaired) electrons. The standard InChI is InChI=1S/C17H25N3O/c1-20(12-15-6-5-11-21-13-15)10-9-17(19,14-18)16-7-3-2-4-8-16/h2-4,7-8,15H,5-6,9-13,19H2,1H3. The van der Waals surface area contributed by atoms with Crippen molar-refractivity contribution in [1.29, 1.82) is 5.26 Å². The molecule has 2 unspecified atom stereocenters. The lowest BCUT2D eigenvalue weighted by molar-refractivity contribution is 0.0415. The van der Waals surface area contributed by atoms with Gasteiger partial charge in [-0.3, -0.25) is 0 Å². The molecule has 0 saturated carbocycles. The molecule has 0 aliphatic carbocycles. The predicted molar refractivity (Wildman–Crippen MR) is 83.6 cm³/mol. The first kappa shape index (κ1) is 16.0. The molecule has 0 bridgehead atoms. The van der Waals surface area contributed by atoms with Gasteiger partial charge in [0.1, 0.15) is 5.54 Å². The SMILES string of the molecule is CN(CCC(N)(C#N)c1ccccc1)CC1CCCOC1. The third kappa shape index (κ3) is 4.53. The minimum absolute atomic E-state index is 0.606. The molecule has 1 aromatic carbocycles. The number of nitrogens with two attached hydrogens (primary N) is 1. The van der Waals surface area contributed by atoms with Crippen LogP contribution < -0.4 is 5.73 Å². The smallest absolute Gasteiger partial charge is 0.131 e. The van der Waals surface area contributed by atoms with Gasteiger partial charge < -0.3 is 15.4 Å². The van der Waals surface area contributed by atoms with Gasteiger partial charge in [0.2, 0.25) is 0 Å². The van der Waals surface area contributed by atoms with E-state index in [1.165, 1.54) is 6.42 Å². The van der Waals surface area contributed by atoms with Crippen LogP contribution in [-0.4, -0.2) is 38.3 Å². The number of hydrogen-bond acceptors (Lipinski definition) is 4. The van der Waals surface area contributed by atoms with E-state index in [0.717, 1.165) is 38.3 Å². The van der Waals surface area contributed by atoms with Gasteiger partial charge in [-0.05, 0) is 37.8 Å². The predicted octanol–water partition coefficient (Wildman–Crippen LogP) is 2.11. The van der Waals surface area contributed by atoms with Crippen LogP contribution in [0.5, 0.6) is 0 Å². The highest BCUT2D eigenvalue weighted by Gasteiger charge is 2.27. The fourth-order valence-electron chi connectivity index (χ4n) is 2.85. The maximum absolute atomic E-state index is 9.46. The van der Waals surface area contributed by atoms with Crippen molar-refractivity contribution in [3.63, 3.8) is 0 Å². The molecule has 1 aliphatic rings. The molecule has 0 spiro atoms. The van der Waals surface area contributed by atoms with Crippen molar-refractivity contribution in [2.75, 3.05) is 33.4 Å². The normalized spacial score (nSPS) is 21.7. The van der Waals surface area contributed by atoms with E-state index in [9.17, 15) is 5.26 Å². The molecule has 1 aliphatic heterocycles. The lowest BCUT2D eigenvalue weighted by Gasteiger charge is -2.29. The molecule has 1 aromatic rings. The lowest BCUT2D eigenvalue weighted by atomic mass is 9.89. The Morgan fingerprint density at radius 2 is 2.19 bits per heavy atom. The summed E-state index contributed by atoms with van der Waals surface area (Å²) < 4.78 is 5.52. The average Bonchev–Trinajstić information content (AvgIpc) is 2.54. The van der Waals surface area contributed by atoms with Gasteiger partial charge in [-0.15, -0.1) is 0 Å². The molecule has 0 amide bonds. The first-order valence-electron chi connectivity index (χ1n) is 7.66. The van der Waals surface area contributed by atoms with Crippen LogP contribution in [0.4, 0.5) is 0 Å². The minimum Gasteiger partial charge on any atom is -0.381 e. The van der Waals surface area contributed by atoms with E-state index in [4.69, 9.17) is 10.5 Å². The Bertz CT molecular complexity index is 465. The van der Waals surface area contributed by atoms with Crippen molar-refractivity contribution < 1.29 is 4.74 Å². The second-order valence-electron chi connectivity index (χ2n) is 6.04. The molecule has 21 heavy (non-hydrogen) atoms. The van der Waals surface area contributed by atoms with E-state index in [-0.39, 0.29) is 0 Å². The number of rotatable bonds is 6. The molecule has 114 valence electrons. The highest BCUT2D eigenvalue weighted by Crippen LogP contribution is 2.22. The van der Waals surface area contributed by atoms with E-state index < -0.39 is 5.54 Å². The fraction of sp³-hybridized carbons (Fsp3) is 0.588. The number of ether oxygens (including phenoxy) is 1. The third-order valence-corrected chi connectivity index (χ3v) is 4.20. The van der Waals surface area contributed by atoms with Gasteiger partial charge in [-0.25, -0.2) is 0 Å². The van der Waals surface area contributed by atoms with Crippen LogP contribution in [0.2, 0.25) is 0 Å². The molecular weight excluding hydrogens is 262 g/mol. The maximum atomic E-state index is 9.46. The molecule has 2 N–H and O–H groups in total. The molecule has 0 aromatic heterocycles. The Morgan fingerprint density at radius 3 is 2.81 bits per heavy atom. The highest BCUT2D eigenvalue weighted by atomic mass is 16.5. The fourth-order valence-corrected chi connectivity index (χ4v) is 2.85. The lowest BCUT2D eigenvalue weighted by Crippen LogP contribution is -2.40. The highest BCUT2D eigenvalue weighted by molar-refractivity contribution is 5.30. The second kappa shape index (κ2) is 7.56. The van der Waals surface area contributed by atoms with Gasteiger partial charge in [-0.2, -0.15) is 5.26 Å². The van der Waals surface area contributed by atoms with Crippen LogP contribution >= 0.6 is 0 Å². The van der Waals surface area contributed by atoms with Gasteiger partial charge in [-0.1, -0.05) is 30.3 Å². The molecule has 1 heterocycles. The van der Waals surface area contributed by atoms with Crippen molar-refractivity contribution in [3.8, 4) is 6.07 Å². The molecule has 1 saturated heterocycles. The summed E-state index contributed by atoms with van der Waals surface area (Å²) in [5, 5.41) is 9.46. The molecule has 2 atom stereocenters. The van der Waals surface area contributed by atoms with Gasteiger partial charge >= 0.3 is 0 Å². The largest absolute Gasteiger partial charge is 0.381 e. The van der Waals surface area contributed by atoms with Crippen molar-refractivity contribution in [2.45, 2.75) is 24.8 Å². The second-order valence-corrected chi connectivity index (χ2v) is 6.04. The summed E-state index contributed by atoms with van der Waals surface area (Å²) in [4.78, 5) is 2.27. The molecule has 4 nitrogen and oxygen atoms in total. The summed E-state index contributed by atoms with van der Waals surface area (Å²) in [6, 6.07) is 11.9. The van der Waals surface area contributed by atoms with Gasteiger partial charge in [0.05, 0.1) is 12.7 Å². The topological polar surface area (TPSA) is 62.3 Å². The quantitative estimate of drug-likeness (QED) is 0.870. The molecule has 1 fully saturated rings. The number of nitrogens with zero attached hydrogens (tertiary/aromatic N) is 2. The van der Waals surface area contributed by atoms with Gasteiger partial charge in [0.15, 0.2) is 0 Å². The van der Waals surface area contributed by atoms with Crippen LogP contribution in [-0.2, 0) is 10.3 Å². The Kier molecular flexibility index (Phi) is 5.75. The zero-order valence-corrected chi connectivity index (χ0v) is 12.8. The molecule has 4 heteroatoms. The Hall–Kier alpha value is -1.41. The summed E-state index contributed by atoms with van der Waals surface area (Å²) in [5.74, 6) is 0.606. The van der Waals surface area contributed by atoms with Crippen molar-refractivity contribution >= 4 is 0 Å². The average molecular weight is 287 g/mol. The Labute approximate surface area is 127 Å². The number of hydrogen-bond donors (Lipinski definition) is 1. The summed E-state index contributed by atoms with van der Waals surface area (Å²) in [5.41, 5.74) is 6.27. The van der Waals surface area contributed by atoms with Crippen molar-refractivity contribution in [2.24, 2.45) is 11.7 Å². The van der Waals surface area contributed by atoms with E-state index in [1.54, 1.807) is 0 Å². The van der Waals surface area contributed by atoms with Crippen LogP contribution in [0, 0.1) is 17.2 Å². The number of nitriles is 1. The van der Waals surface area contributed by atoms with Crippen LogP contribution in [0.25, 0.3) is 0 Å². The summed E-state index contributed by atoms with van der Waals surface area (Å²) in [7, 11) is 2.09. The van der Waals surface area contributed by atoms with E-state index in [0.29, 0.717) is 12.3 Å². The van der Waals surface area contributed by atoms with Gasteiger partial charge in [0, 0.05) is 19.7 Å². The minimum atomic E-state index is -0.904. The maximum Gasteiger partial charge on any atom is 0.131 e.